The van der Waals surface area contributed by atoms with Crippen LogP contribution in [-0.4, -0.2) is 17.3 Å². The first kappa shape index (κ1) is 11.7. The Balaban J connectivity index is 3.08. The van der Waals surface area contributed by atoms with E-state index in [2.05, 4.69) is 10.3 Å². The number of nitrogens with one attached hydrogen (secondary N) is 1. The molecule has 3 nitrogen and oxygen atoms in total. The lowest BCUT2D eigenvalue weighted by Gasteiger charge is -2.18. The number of anilines is 1. The van der Waals surface area contributed by atoms with E-state index in [1.165, 1.54) is 0 Å². The Kier molecular flexibility index (Phi) is 3.45. The summed E-state index contributed by atoms with van der Waals surface area (Å²) in [7, 11) is 0. The highest BCUT2D eigenvalue weighted by atomic mass is 16.1. The predicted octanol–water partition coefficient (Wildman–Crippen LogP) is 2.74. The first-order valence-electron chi connectivity index (χ1n) is 5.20. The zero-order valence-corrected chi connectivity index (χ0v) is 9.79. The largest absolute Gasteiger partial charge is 0.370 e. The van der Waals surface area contributed by atoms with Crippen LogP contribution in [0.1, 0.15) is 38.1 Å². The molecule has 0 atom stereocenters. The molecule has 1 heterocycles. The molecule has 0 fully saturated rings. The van der Waals surface area contributed by atoms with Gasteiger partial charge in [-0.25, -0.2) is 4.98 Å². The van der Waals surface area contributed by atoms with Gasteiger partial charge in [-0.15, -0.1) is 0 Å². The summed E-state index contributed by atoms with van der Waals surface area (Å²) in [5.41, 5.74) is 0.305. The van der Waals surface area contributed by atoms with Gasteiger partial charge in [0.15, 0.2) is 5.78 Å². The van der Waals surface area contributed by atoms with E-state index >= 15 is 0 Å². The van der Waals surface area contributed by atoms with E-state index in [1.54, 1.807) is 12.3 Å². The third-order valence-electron chi connectivity index (χ3n) is 2.08. The summed E-state index contributed by atoms with van der Waals surface area (Å²) in [5, 5.41) is 3.10. The molecule has 0 saturated carbocycles. The number of hydrogen-bond donors (Lipinski definition) is 1. The third kappa shape index (κ3) is 2.78. The Morgan fingerprint density at radius 3 is 2.67 bits per heavy atom. The van der Waals surface area contributed by atoms with Crippen LogP contribution in [0.15, 0.2) is 18.3 Å². The van der Waals surface area contributed by atoms with Crippen molar-refractivity contribution >= 4 is 11.6 Å². The molecule has 0 bridgehead atoms. The monoisotopic (exact) mass is 206 g/mol. The van der Waals surface area contributed by atoms with Gasteiger partial charge in [-0.2, -0.15) is 0 Å². The number of rotatable bonds is 3. The molecule has 0 aliphatic heterocycles. The standard InChI is InChI=1S/C12H18N2O/c1-5-13-11-9(7-6-8-14-11)10(15)12(2,3)4/h6-8H,5H2,1-4H3,(H,13,14). The lowest BCUT2D eigenvalue weighted by atomic mass is 9.87. The molecular weight excluding hydrogens is 188 g/mol. The fourth-order valence-electron chi connectivity index (χ4n) is 1.30. The van der Waals surface area contributed by atoms with Crippen molar-refractivity contribution < 1.29 is 4.79 Å². The number of pyridine rings is 1. The van der Waals surface area contributed by atoms with Gasteiger partial charge in [-0.1, -0.05) is 20.8 Å². The van der Waals surface area contributed by atoms with Gasteiger partial charge < -0.3 is 5.32 Å². The number of nitrogens with zero attached hydrogens (tertiary/aromatic N) is 1. The number of hydrogen-bond acceptors (Lipinski definition) is 3. The van der Waals surface area contributed by atoms with Crippen LogP contribution in [-0.2, 0) is 0 Å². The molecule has 1 aromatic heterocycles. The number of Topliss-reactive ketones (excluding diaryl/α,β-unsaturated/α-hetero) is 1. The second kappa shape index (κ2) is 4.43. The van der Waals surface area contributed by atoms with E-state index in [0.29, 0.717) is 11.4 Å². The maximum atomic E-state index is 12.1. The average Bonchev–Trinajstić information content (AvgIpc) is 2.17. The van der Waals surface area contributed by atoms with Crippen molar-refractivity contribution in [2.75, 3.05) is 11.9 Å². The Hall–Kier alpha value is -1.38. The molecule has 0 aliphatic rings. The van der Waals surface area contributed by atoms with Crippen LogP contribution in [0.25, 0.3) is 0 Å². The van der Waals surface area contributed by atoms with Crippen LogP contribution in [0.2, 0.25) is 0 Å². The van der Waals surface area contributed by atoms with E-state index in [1.807, 2.05) is 33.8 Å². The smallest absolute Gasteiger partial charge is 0.171 e. The Labute approximate surface area is 90.9 Å². The zero-order chi connectivity index (χ0) is 11.5. The molecule has 0 spiro atoms. The molecule has 0 radical (unpaired) electrons. The highest BCUT2D eigenvalue weighted by Crippen LogP contribution is 2.24. The van der Waals surface area contributed by atoms with E-state index in [9.17, 15) is 4.79 Å². The van der Waals surface area contributed by atoms with Gasteiger partial charge in [-0.3, -0.25) is 4.79 Å². The summed E-state index contributed by atoms with van der Waals surface area (Å²) in [4.78, 5) is 16.3. The number of aromatic nitrogens is 1. The van der Waals surface area contributed by atoms with Crippen molar-refractivity contribution in [2.24, 2.45) is 5.41 Å². The molecule has 3 heteroatoms. The van der Waals surface area contributed by atoms with Gasteiger partial charge in [0, 0.05) is 18.2 Å². The van der Waals surface area contributed by atoms with Crippen LogP contribution in [0, 0.1) is 5.41 Å². The Morgan fingerprint density at radius 1 is 1.47 bits per heavy atom. The minimum Gasteiger partial charge on any atom is -0.370 e. The molecule has 15 heavy (non-hydrogen) atoms. The first-order chi connectivity index (χ1) is 6.96. The molecule has 1 aromatic rings. The van der Waals surface area contributed by atoms with Crippen LogP contribution in [0.3, 0.4) is 0 Å². The lowest BCUT2D eigenvalue weighted by Crippen LogP contribution is -2.22. The van der Waals surface area contributed by atoms with E-state index < -0.39 is 0 Å². The van der Waals surface area contributed by atoms with E-state index in [0.717, 1.165) is 6.54 Å². The quantitative estimate of drug-likeness (QED) is 0.773. The minimum atomic E-state index is -0.368. The second-order valence-corrected chi connectivity index (χ2v) is 4.51. The van der Waals surface area contributed by atoms with Gasteiger partial charge in [0.25, 0.3) is 0 Å². The van der Waals surface area contributed by atoms with Crippen molar-refractivity contribution in [3.8, 4) is 0 Å². The van der Waals surface area contributed by atoms with Crippen LogP contribution in [0.5, 0.6) is 0 Å². The molecule has 0 aromatic carbocycles. The van der Waals surface area contributed by atoms with Crippen LogP contribution < -0.4 is 5.32 Å². The van der Waals surface area contributed by atoms with Gasteiger partial charge >= 0.3 is 0 Å². The average molecular weight is 206 g/mol. The predicted molar refractivity (Wildman–Crippen MR) is 62.2 cm³/mol. The molecule has 82 valence electrons. The highest BCUT2D eigenvalue weighted by Gasteiger charge is 2.25. The topological polar surface area (TPSA) is 42.0 Å². The summed E-state index contributed by atoms with van der Waals surface area (Å²) < 4.78 is 0. The summed E-state index contributed by atoms with van der Waals surface area (Å²) in [6.07, 6.45) is 1.69. The van der Waals surface area contributed by atoms with E-state index in [-0.39, 0.29) is 11.2 Å². The molecule has 1 N–H and O–H groups in total. The van der Waals surface area contributed by atoms with Crippen LogP contribution >= 0.6 is 0 Å². The van der Waals surface area contributed by atoms with Crippen LogP contribution in [0.4, 0.5) is 5.82 Å². The SMILES string of the molecule is CCNc1ncccc1C(=O)C(C)(C)C. The number of carbonyl (C=O) groups is 1. The van der Waals surface area contributed by atoms with Crippen molar-refractivity contribution in [3.63, 3.8) is 0 Å². The maximum Gasteiger partial charge on any atom is 0.171 e. The fourth-order valence-corrected chi connectivity index (χ4v) is 1.30. The molecule has 0 unspecified atom stereocenters. The van der Waals surface area contributed by atoms with Gasteiger partial charge in [-0.05, 0) is 19.1 Å². The van der Waals surface area contributed by atoms with Crippen molar-refractivity contribution in [1.82, 2.24) is 4.98 Å². The molecule has 0 aliphatic carbocycles. The van der Waals surface area contributed by atoms with Crippen molar-refractivity contribution in [1.29, 1.82) is 0 Å². The third-order valence-corrected chi connectivity index (χ3v) is 2.08. The van der Waals surface area contributed by atoms with E-state index in [4.69, 9.17) is 0 Å². The lowest BCUT2D eigenvalue weighted by molar-refractivity contribution is 0.0859. The van der Waals surface area contributed by atoms with Gasteiger partial charge in [0.2, 0.25) is 0 Å². The van der Waals surface area contributed by atoms with Gasteiger partial charge in [0.05, 0.1) is 5.56 Å². The maximum absolute atomic E-state index is 12.1. The summed E-state index contributed by atoms with van der Waals surface area (Å²) in [6, 6.07) is 3.61. The Morgan fingerprint density at radius 2 is 2.13 bits per heavy atom. The normalized spacial score (nSPS) is 11.2. The summed E-state index contributed by atoms with van der Waals surface area (Å²) >= 11 is 0. The molecule has 1 rings (SSSR count). The minimum absolute atomic E-state index is 0.117. The summed E-state index contributed by atoms with van der Waals surface area (Å²) in [5.74, 6) is 0.798. The van der Waals surface area contributed by atoms with Gasteiger partial charge in [0.1, 0.15) is 5.82 Å². The zero-order valence-electron chi connectivity index (χ0n) is 9.79. The second-order valence-electron chi connectivity index (χ2n) is 4.51. The number of carbonyl (C=O) groups excluding carboxylic acids is 1. The fraction of sp³-hybridized carbons (Fsp3) is 0.500. The first-order valence-corrected chi connectivity index (χ1v) is 5.20. The highest BCUT2D eigenvalue weighted by molar-refractivity contribution is 6.03. The Bertz CT molecular complexity index is 353. The molecule has 0 amide bonds. The molecule has 0 saturated heterocycles. The molecular formula is C12H18N2O. The summed E-state index contributed by atoms with van der Waals surface area (Å²) in [6.45, 7) is 8.50. The number of ketones is 1. The van der Waals surface area contributed by atoms with Crippen molar-refractivity contribution in [2.45, 2.75) is 27.7 Å². The van der Waals surface area contributed by atoms with Crippen molar-refractivity contribution in [3.05, 3.63) is 23.9 Å².